The third-order valence-electron chi connectivity index (χ3n) is 2.02. The summed E-state index contributed by atoms with van der Waals surface area (Å²) in [7, 11) is -2.87. The van der Waals surface area contributed by atoms with Gasteiger partial charge in [-0.25, -0.2) is 8.42 Å². The Balaban J connectivity index is 3.79. The van der Waals surface area contributed by atoms with E-state index in [1.54, 1.807) is 0 Å². The Morgan fingerprint density at radius 2 is 1.92 bits per heavy atom. The molecule has 0 aromatic heterocycles. The number of rotatable bonds is 5. The summed E-state index contributed by atoms with van der Waals surface area (Å²) < 4.78 is 21.5. The maximum atomic E-state index is 10.8. The predicted molar refractivity (Wildman–Crippen MR) is 49.8 cm³/mol. The van der Waals surface area contributed by atoms with Gasteiger partial charge in [-0.15, -0.1) is 0 Å². The zero-order chi connectivity index (χ0) is 9.78. The quantitative estimate of drug-likeness (QED) is 0.705. The van der Waals surface area contributed by atoms with Crippen LogP contribution in [0.4, 0.5) is 0 Å². The molecule has 0 aliphatic rings. The third-order valence-corrected chi connectivity index (χ3v) is 3.00. The number of aliphatic hydroxyl groups excluding tert-OH is 1. The summed E-state index contributed by atoms with van der Waals surface area (Å²) in [5.74, 6) is 0.246. The smallest absolute Gasteiger partial charge is 0.147 e. The van der Waals surface area contributed by atoms with Gasteiger partial charge in [0.15, 0.2) is 0 Å². The summed E-state index contributed by atoms with van der Waals surface area (Å²) in [6.07, 6.45) is 2.09. The van der Waals surface area contributed by atoms with E-state index in [-0.39, 0.29) is 17.8 Å². The molecule has 1 N–H and O–H groups in total. The minimum Gasteiger partial charge on any atom is -0.393 e. The lowest BCUT2D eigenvalue weighted by Gasteiger charge is -2.15. The van der Waals surface area contributed by atoms with Crippen molar-refractivity contribution < 1.29 is 13.5 Å². The maximum absolute atomic E-state index is 10.8. The monoisotopic (exact) mass is 194 g/mol. The van der Waals surface area contributed by atoms with Gasteiger partial charge in [-0.1, -0.05) is 13.8 Å². The summed E-state index contributed by atoms with van der Waals surface area (Å²) >= 11 is 0. The van der Waals surface area contributed by atoms with E-state index in [0.29, 0.717) is 12.8 Å². The van der Waals surface area contributed by atoms with Crippen LogP contribution in [0, 0.1) is 5.92 Å². The normalized spacial score (nSPS) is 17.3. The Morgan fingerprint density at radius 3 is 2.25 bits per heavy atom. The van der Waals surface area contributed by atoms with Crippen LogP contribution in [0.2, 0.25) is 0 Å². The summed E-state index contributed by atoms with van der Waals surface area (Å²) in [5, 5.41) is 9.33. The van der Waals surface area contributed by atoms with Crippen molar-refractivity contribution in [2.75, 3.05) is 12.0 Å². The fraction of sp³-hybridized carbons (Fsp3) is 1.00. The molecule has 0 aromatic carbocycles. The molecule has 0 aromatic rings. The Bertz CT molecular complexity index is 208. The first-order valence-corrected chi connectivity index (χ1v) is 6.28. The molecule has 0 amide bonds. The molecule has 0 aliphatic carbocycles. The van der Waals surface area contributed by atoms with Gasteiger partial charge in [-0.2, -0.15) is 0 Å². The number of hydrogen-bond acceptors (Lipinski definition) is 3. The standard InChI is InChI=1S/C8H18O3S/c1-4-8(9)7(2)5-6-12(3,10)11/h7-9H,4-6H2,1-3H3. The summed E-state index contributed by atoms with van der Waals surface area (Å²) in [6.45, 7) is 3.76. The van der Waals surface area contributed by atoms with Crippen molar-refractivity contribution in [1.29, 1.82) is 0 Å². The third kappa shape index (κ3) is 5.55. The Hall–Kier alpha value is -0.0900. The van der Waals surface area contributed by atoms with Crippen molar-refractivity contribution in [3.8, 4) is 0 Å². The van der Waals surface area contributed by atoms with Crippen LogP contribution >= 0.6 is 0 Å². The number of aliphatic hydroxyl groups is 1. The molecule has 0 bridgehead atoms. The zero-order valence-electron chi connectivity index (χ0n) is 7.95. The van der Waals surface area contributed by atoms with E-state index in [2.05, 4.69) is 0 Å². The molecule has 0 fully saturated rings. The van der Waals surface area contributed by atoms with Gasteiger partial charge in [0, 0.05) is 6.26 Å². The highest BCUT2D eigenvalue weighted by Gasteiger charge is 2.14. The van der Waals surface area contributed by atoms with E-state index < -0.39 is 9.84 Å². The van der Waals surface area contributed by atoms with Gasteiger partial charge in [-0.3, -0.25) is 0 Å². The molecule has 12 heavy (non-hydrogen) atoms. The van der Waals surface area contributed by atoms with Crippen molar-refractivity contribution in [3.05, 3.63) is 0 Å². The molecule has 0 radical (unpaired) electrons. The molecule has 2 unspecified atom stereocenters. The average molecular weight is 194 g/mol. The highest BCUT2D eigenvalue weighted by Crippen LogP contribution is 2.11. The summed E-state index contributed by atoms with van der Waals surface area (Å²) in [5.41, 5.74) is 0. The fourth-order valence-corrected chi connectivity index (χ4v) is 1.79. The lowest BCUT2D eigenvalue weighted by atomic mass is 10.0. The van der Waals surface area contributed by atoms with Gasteiger partial charge in [0.2, 0.25) is 0 Å². The van der Waals surface area contributed by atoms with Crippen LogP contribution in [0.3, 0.4) is 0 Å². The van der Waals surface area contributed by atoms with Crippen molar-refractivity contribution >= 4 is 9.84 Å². The second kappa shape index (κ2) is 4.82. The molecular weight excluding hydrogens is 176 g/mol. The highest BCUT2D eigenvalue weighted by molar-refractivity contribution is 7.90. The first kappa shape index (κ1) is 11.9. The topological polar surface area (TPSA) is 54.4 Å². The number of hydrogen-bond donors (Lipinski definition) is 1. The molecule has 0 spiro atoms. The fourth-order valence-electron chi connectivity index (χ4n) is 0.995. The molecule has 0 aliphatic heterocycles. The van der Waals surface area contributed by atoms with Crippen molar-refractivity contribution in [3.63, 3.8) is 0 Å². The highest BCUT2D eigenvalue weighted by atomic mass is 32.2. The molecule has 0 heterocycles. The second-order valence-electron chi connectivity index (χ2n) is 3.37. The molecule has 0 saturated carbocycles. The van der Waals surface area contributed by atoms with Crippen LogP contribution in [0.1, 0.15) is 26.7 Å². The minimum atomic E-state index is -2.87. The van der Waals surface area contributed by atoms with Crippen molar-refractivity contribution in [1.82, 2.24) is 0 Å². The van der Waals surface area contributed by atoms with Crippen LogP contribution in [0.15, 0.2) is 0 Å². The Morgan fingerprint density at radius 1 is 1.42 bits per heavy atom. The Labute approximate surface area is 74.7 Å². The second-order valence-corrected chi connectivity index (χ2v) is 5.63. The van der Waals surface area contributed by atoms with Gasteiger partial charge in [0.25, 0.3) is 0 Å². The Kier molecular flexibility index (Phi) is 4.78. The van der Waals surface area contributed by atoms with E-state index in [1.807, 2.05) is 13.8 Å². The molecule has 4 heteroatoms. The van der Waals surface area contributed by atoms with Gasteiger partial charge in [0.1, 0.15) is 9.84 Å². The van der Waals surface area contributed by atoms with Crippen LogP contribution < -0.4 is 0 Å². The molecule has 74 valence electrons. The van der Waals surface area contributed by atoms with E-state index >= 15 is 0 Å². The van der Waals surface area contributed by atoms with Crippen LogP contribution in [0.25, 0.3) is 0 Å². The number of sulfone groups is 1. The van der Waals surface area contributed by atoms with Gasteiger partial charge in [-0.05, 0) is 18.8 Å². The van der Waals surface area contributed by atoms with Crippen molar-refractivity contribution in [2.24, 2.45) is 5.92 Å². The first-order valence-electron chi connectivity index (χ1n) is 4.22. The minimum absolute atomic E-state index is 0.0738. The lowest BCUT2D eigenvalue weighted by Crippen LogP contribution is -2.19. The SMILES string of the molecule is CCC(O)C(C)CCS(C)(=O)=O. The van der Waals surface area contributed by atoms with E-state index in [9.17, 15) is 13.5 Å². The van der Waals surface area contributed by atoms with Crippen LogP contribution in [0.5, 0.6) is 0 Å². The first-order chi connectivity index (χ1) is 5.37. The van der Waals surface area contributed by atoms with E-state index in [1.165, 1.54) is 6.26 Å². The zero-order valence-corrected chi connectivity index (χ0v) is 8.76. The van der Waals surface area contributed by atoms with E-state index in [4.69, 9.17) is 0 Å². The summed E-state index contributed by atoms with van der Waals surface area (Å²) in [6, 6.07) is 0. The largest absolute Gasteiger partial charge is 0.393 e. The van der Waals surface area contributed by atoms with Gasteiger partial charge >= 0.3 is 0 Å². The van der Waals surface area contributed by atoms with Gasteiger partial charge < -0.3 is 5.11 Å². The van der Waals surface area contributed by atoms with Crippen LogP contribution in [-0.2, 0) is 9.84 Å². The average Bonchev–Trinajstić information content (AvgIpc) is 1.97. The molecule has 0 saturated heterocycles. The van der Waals surface area contributed by atoms with Crippen molar-refractivity contribution in [2.45, 2.75) is 32.8 Å². The molecule has 3 nitrogen and oxygen atoms in total. The van der Waals surface area contributed by atoms with Crippen LogP contribution in [-0.4, -0.2) is 31.6 Å². The van der Waals surface area contributed by atoms with E-state index in [0.717, 1.165) is 0 Å². The summed E-state index contributed by atoms with van der Waals surface area (Å²) in [4.78, 5) is 0. The maximum Gasteiger partial charge on any atom is 0.147 e. The molecule has 0 rings (SSSR count). The predicted octanol–water partition coefficient (Wildman–Crippen LogP) is 0.828. The molecular formula is C8H18O3S. The lowest BCUT2D eigenvalue weighted by molar-refractivity contribution is 0.111. The van der Waals surface area contributed by atoms with Gasteiger partial charge in [0.05, 0.1) is 11.9 Å². The molecule has 2 atom stereocenters.